The molecule has 0 rings (SSSR count). The fourth-order valence-electron chi connectivity index (χ4n) is 1.40. The molecule has 0 heterocycles. The van der Waals surface area contributed by atoms with Crippen LogP contribution in [-0.2, 0) is 23.9 Å². The molecule has 5 heteroatoms. The van der Waals surface area contributed by atoms with Crippen LogP contribution in [0.5, 0.6) is 0 Å². The molecule has 0 amide bonds. The Morgan fingerprint density at radius 2 is 1.53 bits per heavy atom. The summed E-state index contributed by atoms with van der Waals surface area (Å²) >= 11 is 0. The largest absolute Gasteiger partial charge is 0.425 e. The first-order valence-corrected chi connectivity index (χ1v) is 5.84. The third-order valence-electron chi connectivity index (χ3n) is 2.11. The normalized spacial score (nSPS) is 10.1. The van der Waals surface area contributed by atoms with Gasteiger partial charge in [0.05, 0.1) is 0 Å². The Morgan fingerprint density at radius 1 is 1.00 bits per heavy atom. The van der Waals surface area contributed by atoms with Crippen LogP contribution in [-0.4, -0.2) is 24.5 Å². The highest BCUT2D eigenvalue weighted by molar-refractivity contribution is 5.68. The van der Waals surface area contributed by atoms with Crippen LogP contribution in [0.4, 0.5) is 0 Å². The Morgan fingerprint density at radius 3 is 2.00 bits per heavy atom. The standard InChI is InChI=1S/C12H20O5/c1-10(14)16-12(17-11(2)15)8-6-4-3-5-7-9-13/h9,12H,3-8H2,1-2H3. The summed E-state index contributed by atoms with van der Waals surface area (Å²) in [5, 5.41) is 0. The number of rotatable bonds is 9. The van der Waals surface area contributed by atoms with Crippen LogP contribution in [0.3, 0.4) is 0 Å². The molecular weight excluding hydrogens is 224 g/mol. The van der Waals surface area contributed by atoms with Gasteiger partial charge in [-0.3, -0.25) is 9.59 Å². The number of carbonyl (C=O) groups is 3. The van der Waals surface area contributed by atoms with Crippen molar-refractivity contribution in [1.29, 1.82) is 0 Å². The molecule has 17 heavy (non-hydrogen) atoms. The number of ether oxygens (including phenoxy) is 2. The van der Waals surface area contributed by atoms with E-state index < -0.39 is 18.2 Å². The molecule has 0 aliphatic carbocycles. The molecule has 0 aliphatic heterocycles. The minimum absolute atomic E-state index is 0.461. The Hall–Kier alpha value is -1.39. The van der Waals surface area contributed by atoms with Gasteiger partial charge < -0.3 is 14.3 Å². The number of esters is 2. The second-order valence-electron chi connectivity index (χ2n) is 3.81. The lowest BCUT2D eigenvalue weighted by atomic mass is 10.1. The monoisotopic (exact) mass is 244 g/mol. The maximum absolute atomic E-state index is 10.8. The van der Waals surface area contributed by atoms with E-state index in [1.54, 1.807) is 0 Å². The Labute approximate surface area is 101 Å². The van der Waals surface area contributed by atoms with Gasteiger partial charge in [0.2, 0.25) is 6.29 Å². The number of hydrogen-bond acceptors (Lipinski definition) is 5. The topological polar surface area (TPSA) is 69.7 Å². The van der Waals surface area contributed by atoms with Gasteiger partial charge in [-0.05, 0) is 12.8 Å². The summed E-state index contributed by atoms with van der Waals surface area (Å²) in [6.07, 6.45) is 4.74. The van der Waals surface area contributed by atoms with E-state index in [1.807, 2.05) is 0 Å². The van der Waals surface area contributed by atoms with Gasteiger partial charge in [0, 0.05) is 26.7 Å². The molecule has 98 valence electrons. The molecule has 0 bridgehead atoms. The molecule has 0 unspecified atom stereocenters. The van der Waals surface area contributed by atoms with Gasteiger partial charge in [0.25, 0.3) is 0 Å². The van der Waals surface area contributed by atoms with Crippen molar-refractivity contribution in [3.63, 3.8) is 0 Å². The van der Waals surface area contributed by atoms with Crippen LogP contribution in [0.15, 0.2) is 0 Å². The lowest BCUT2D eigenvalue weighted by Gasteiger charge is -2.16. The molecule has 0 saturated carbocycles. The number of carbonyl (C=O) groups excluding carboxylic acids is 3. The van der Waals surface area contributed by atoms with Crippen molar-refractivity contribution in [2.75, 3.05) is 0 Å². The van der Waals surface area contributed by atoms with Crippen molar-refractivity contribution in [2.45, 2.75) is 58.7 Å². The average molecular weight is 244 g/mol. The predicted octanol–water partition coefficient (Wildman–Crippen LogP) is 1.98. The number of aldehydes is 1. The Balaban J connectivity index is 3.71. The van der Waals surface area contributed by atoms with Gasteiger partial charge in [-0.2, -0.15) is 0 Å². The van der Waals surface area contributed by atoms with E-state index in [4.69, 9.17) is 9.47 Å². The van der Waals surface area contributed by atoms with Crippen LogP contribution < -0.4 is 0 Å². The fraction of sp³-hybridized carbons (Fsp3) is 0.750. The first-order valence-electron chi connectivity index (χ1n) is 5.84. The highest BCUT2D eigenvalue weighted by atomic mass is 16.7. The van der Waals surface area contributed by atoms with Crippen molar-refractivity contribution < 1.29 is 23.9 Å². The summed E-state index contributed by atoms with van der Waals surface area (Å²) in [5.74, 6) is -0.922. The number of hydrogen-bond donors (Lipinski definition) is 0. The summed E-state index contributed by atoms with van der Waals surface area (Å²) in [4.78, 5) is 31.6. The summed E-state index contributed by atoms with van der Waals surface area (Å²) in [5.41, 5.74) is 0. The van der Waals surface area contributed by atoms with Crippen molar-refractivity contribution in [3.05, 3.63) is 0 Å². The molecule has 0 saturated heterocycles. The van der Waals surface area contributed by atoms with Gasteiger partial charge >= 0.3 is 11.9 Å². The van der Waals surface area contributed by atoms with E-state index in [9.17, 15) is 14.4 Å². The van der Waals surface area contributed by atoms with Gasteiger partial charge in [0.1, 0.15) is 6.29 Å². The SMILES string of the molecule is CC(=O)OC(CCCCCCC=O)OC(C)=O. The zero-order valence-corrected chi connectivity index (χ0v) is 10.4. The van der Waals surface area contributed by atoms with E-state index in [0.717, 1.165) is 32.0 Å². The minimum Gasteiger partial charge on any atom is -0.425 e. The predicted molar refractivity (Wildman–Crippen MR) is 61.1 cm³/mol. The third-order valence-corrected chi connectivity index (χ3v) is 2.11. The molecule has 0 aromatic heterocycles. The molecule has 5 nitrogen and oxygen atoms in total. The summed E-state index contributed by atoms with van der Waals surface area (Å²) in [6.45, 7) is 2.56. The van der Waals surface area contributed by atoms with Crippen LogP contribution in [0.1, 0.15) is 52.4 Å². The maximum Gasteiger partial charge on any atom is 0.305 e. The zero-order valence-electron chi connectivity index (χ0n) is 10.4. The van der Waals surface area contributed by atoms with E-state index in [2.05, 4.69) is 0 Å². The van der Waals surface area contributed by atoms with Crippen molar-refractivity contribution in [1.82, 2.24) is 0 Å². The van der Waals surface area contributed by atoms with Crippen molar-refractivity contribution >= 4 is 18.2 Å². The molecule has 0 spiro atoms. The highest BCUT2D eigenvalue weighted by Gasteiger charge is 2.14. The van der Waals surface area contributed by atoms with Crippen molar-refractivity contribution in [2.24, 2.45) is 0 Å². The quantitative estimate of drug-likeness (QED) is 0.268. The zero-order chi connectivity index (χ0) is 13.1. The lowest BCUT2D eigenvalue weighted by Crippen LogP contribution is -2.22. The minimum atomic E-state index is -0.781. The molecule has 0 atom stereocenters. The second-order valence-corrected chi connectivity index (χ2v) is 3.81. The molecule has 0 N–H and O–H groups in total. The first-order chi connectivity index (χ1) is 8.06. The lowest BCUT2D eigenvalue weighted by molar-refractivity contribution is -0.186. The summed E-state index contributed by atoms with van der Waals surface area (Å²) < 4.78 is 9.70. The number of unbranched alkanes of at least 4 members (excludes halogenated alkanes) is 4. The van der Waals surface area contributed by atoms with Gasteiger partial charge in [-0.25, -0.2) is 0 Å². The molecule has 0 radical (unpaired) electrons. The Kier molecular flexibility index (Phi) is 9.01. The van der Waals surface area contributed by atoms with E-state index in [0.29, 0.717) is 12.8 Å². The molecule has 0 aliphatic rings. The summed E-state index contributed by atoms with van der Waals surface area (Å²) in [7, 11) is 0. The van der Waals surface area contributed by atoms with Gasteiger partial charge in [0.15, 0.2) is 0 Å². The second kappa shape index (κ2) is 9.81. The van der Waals surface area contributed by atoms with Crippen molar-refractivity contribution in [3.8, 4) is 0 Å². The van der Waals surface area contributed by atoms with Gasteiger partial charge in [-0.15, -0.1) is 0 Å². The van der Waals surface area contributed by atoms with E-state index in [-0.39, 0.29) is 0 Å². The maximum atomic E-state index is 10.8. The summed E-state index contributed by atoms with van der Waals surface area (Å²) in [6, 6.07) is 0. The molecule has 0 aromatic rings. The van der Waals surface area contributed by atoms with E-state index >= 15 is 0 Å². The van der Waals surface area contributed by atoms with Crippen LogP contribution in [0, 0.1) is 0 Å². The molecular formula is C12H20O5. The van der Waals surface area contributed by atoms with Crippen LogP contribution >= 0.6 is 0 Å². The van der Waals surface area contributed by atoms with Crippen LogP contribution in [0.2, 0.25) is 0 Å². The van der Waals surface area contributed by atoms with E-state index in [1.165, 1.54) is 13.8 Å². The smallest absolute Gasteiger partial charge is 0.305 e. The molecule has 0 fully saturated rings. The highest BCUT2D eigenvalue weighted by Crippen LogP contribution is 2.10. The third kappa shape index (κ3) is 10.9. The Bertz CT molecular complexity index is 233. The van der Waals surface area contributed by atoms with Crippen LogP contribution in [0.25, 0.3) is 0 Å². The average Bonchev–Trinajstić information content (AvgIpc) is 2.21. The molecule has 0 aromatic carbocycles. The fourth-order valence-corrected chi connectivity index (χ4v) is 1.40. The first kappa shape index (κ1) is 15.6. The van der Waals surface area contributed by atoms with Gasteiger partial charge in [-0.1, -0.05) is 12.8 Å².